The van der Waals surface area contributed by atoms with E-state index in [9.17, 15) is 4.79 Å². The standard InChI is InChI=1S/C23H30N2O4/c1-17-14-25(15-18(2)29-17)16-19-4-6-20(7-5-19)23(26)24-12-13-28-22-10-8-21(27-3)9-11-22/h4-11,17-18H,12-16H2,1-3H3,(H,24,26). The predicted molar refractivity (Wildman–Crippen MR) is 113 cm³/mol. The fraction of sp³-hybridized carbons (Fsp3) is 0.435. The number of benzene rings is 2. The maximum absolute atomic E-state index is 12.3. The van der Waals surface area contributed by atoms with E-state index in [1.807, 2.05) is 48.5 Å². The van der Waals surface area contributed by atoms with E-state index in [1.54, 1.807) is 7.11 Å². The monoisotopic (exact) mass is 398 g/mol. The zero-order chi connectivity index (χ0) is 20.6. The molecule has 2 aromatic carbocycles. The van der Waals surface area contributed by atoms with Gasteiger partial charge in [0.25, 0.3) is 5.91 Å². The lowest BCUT2D eigenvalue weighted by Gasteiger charge is -2.35. The normalized spacial score (nSPS) is 19.6. The van der Waals surface area contributed by atoms with Crippen LogP contribution in [0.15, 0.2) is 48.5 Å². The topological polar surface area (TPSA) is 60.0 Å². The highest BCUT2D eigenvalue weighted by Crippen LogP contribution is 2.17. The van der Waals surface area contributed by atoms with Crippen molar-refractivity contribution in [3.05, 3.63) is 59.7 Å². The zero-order valence-corrected chi connectivity index (χ0v) is 17.4. The Morgan fingerprint density at radius 2 is 1.66 bits per heavy atom. The molecule has 2 atom stereocenters. The number of carbonyl (C=O) groups is 1. The van der Waals surface area contributed by atoms with E-state index in [4.69, 9.17) is 14.2 Å². The molecule has 3 rings (SSSR count). The zero-order valence-electron chi connectivity index (χ0n) is 17.4. The fourth-order valence-electron chi connectivity index (χ4n) is 3.54. The number of nitrogens with one attached hydrogen (secondary N) is 1. The summed E-state index contributed by atoms with van der Waals surface area (Å²) < 4.78 is 16.5. The van der Waals surface area contributed by atoms with Gasteiger partial charge in [-0.25, -0.2) is 0 Å². The summed E-state index contributed by atoms with van der Waals surface area (Å²) in [6.07, 6.45) is 0.507. The Hall–Kier alpha value is -2.57. The van der Waals surface area contributed by atoms with Crippen molar-refractivity contribution in [3.63, 3.8) is 0 Å². The molecule has 2 unspecified atom stereocenters. The molecule has 29 heavy (non-hydrogen) atoms. The Morgan fingerprint density at radius 1 is 1.03 bits per heavy atom. The molecule has 1 amide bonds. The number of carbonyl (C=O) groups excluding carboxylic acids is 1. The first-order chi connectivity index (χ1) is 14.0. The molecule has 0 bridgehead atoms. The molecule has 1 heterocycles. The van der Waals surface area contributed by atoms with Gasteiger partial charge in [-0.2, -0.15) is 0 Å². The first-order valence-electron chi connectivity index (χ1n) is 10.1. The second-order valence-electron chi connectivity index (χ2n) is 7.43. The fourth-order valence-corrected chi connectivity index (χ4v) is 3.54. The molecule has 0 spiro atoms. The van der Waals surface area contributed by atoms with Crippen molar-refractivity contribution in [2.75, 3.05) is 33.4 Å². The van der Waals surface area contributed by atoms with Crippen molar-refractivity contribution >= 4 is 5.91 Å². The molecular formula is C23H30N2O4. The van der Waals surface area contributed by atoms with Gasteiger partial charge >= 0.3 is 0 Å². The van der Waals surface area contributed by atoms with E-state index in [0.29, 0.717) is 18.7 Å². The van der Waals surface area contributed by atoms with Crippen molar-refractivity contribution in [1.82, 2.24) is 10.2 Å². The lowest BCUT2D eigenvalue weighted by molar-refractivity contribution is -0.0704. The van der Waals surface area contributed by atoms with Gasteiger partial charge in [-0.3, -0.25) is 9.69 Å². The van der Waals surface area contributed by atoms with E-state index in [0.717, 1.165) is 31.1 Å². The lowest BCUT2D eigenvalue weighted by Crippen LogP contribution is -2.44. The quantitative estimate of drug-likeness (QED) is 0.693. The van der Waals surface area contributed by atoms with Gasteiger partial charge in [0.15, 0.2) is 0 Å². The molecule has 1 N–H and O–H groups in total. The first kappa shape index (κ1) is 21.1. The predicted octanol–water partition coefficient (Wildman–Crippen LogP) is 3.11. The van der Waals surface area contributed by atoms with Gasteiger partial charge in [-0.15, -0.1) is 0 Å². The van der Waals surface area contributed by atoms with Crippen LogP contribution in [0.5, 0.6) is 11.5 Å². The van der Waals surface area contributed by atoms with Crippen molar-refractivity contribution in [2.24, 2.45) is 0 Å². The van der Waals surface area contributed by atoms with Crippen LogP contribution >= 0.6 is 0 Å². The maximum Gasteiger partial charge on any atom is 0.251 e. The SMILES string of the molecule is COc1ccc(OCCNC(=O)c2ccc(CN3CC(C)OC(C)C3)cc2)cc1. The number of hydrogen-bond donors (Lipinski definition) is 1. The summed E-state index contributed by atoms with van der Waals surface area (Å²) in [6, 6.07) is 15.2. The molecule has 0 aliphatic carbocycles. The van der Waals surface area contributed by atoms with E-state index in [2.05, 4.69) is 24.1 Å². The van der Waals surface area contributed by atoms with Crippen LogP contribution in [-0.2, 0) is 11.3 Å². The van der Waals surface area contributed by atoms with Crippen LogP contribution in [0.2, 0.25) is 0 Å². The average molecular weight is 399 g/mol. The molecule has 2 aromatic rings. The Labute approximate surface area is 172 Å². The number of amides is 1. The highest BCUT2D eigenvalue weighted by atomic mass is 16.5. The largest absolute Gasteiger partial charge is 0.497 e. The summed E-state index contributed by atoms with van der Waals surface area (Å²) in [4.78, 5) is 14.7. The van der Waals surface area contributed by atoms with E-state index in [1.165, 1.54) is 5.56 Å². The minimum absolute atomic E-state index is 0.0940. The molecule has 156 valence electrons. The van der Waals surface area contributed by atoms with Crippen LogP contribution in [0.25, 0.3) is 0 Å². The molecule has 0 radical (unpaired) electrons. The maximum atomic E-state index is 12.3. The van der Waals surface area contributed by atoms with Gasteiger partial charge < -0.3 is 19.5 Å². The molecule has 1 saturated heterocycles. The third-order valence-corrected chi connectivity index (χ3v) is 4.83. The number of methoxy groups -OCH3 is 1. The van der Waals surface area contributed by atoms with E-state index in [-0.39, 0.29) is 18.1 Å². The highest BCUT2D eigenvalue weighted by Gasteiger charge is 2.22. The van der Waals surface area contributed by atoms with Crippen LogP contribution in [0.1, 0.15) is 29.8 Å². The van der Waals surface area contributed by atoms with E-state index < -0.39 is 0 Å². The Morgan fingerprint density at radius 3 is 2.28 bits per heavy atom. The Bertz CT molecular complexity index is 766. The second kappa shape index (κ2) is 10.3. The Kier molecular flexibility index (Phi) is 7.49. The molecule has 6 heteroatoms. The number of hydrogen-bond acceptors (Lipinski definition) is 5. The van der Waals surface area contributed by atoms with Crippen LogP contribution in [0.3, 0.4) is 0 Å². The summed E-state index contributed by atoms with van der Waals surface area (Å²) in [5, 5.41) is 2.89. The van der Waals surface area contributed by atoms with Crippen LogP contribution in [0.4, 0.5) is 0 Å². The third kappa shape index (κ3) is 6.48. The minimum atomic E-state index is -0.0940. The highest BCUT2D eigenvalue weighted by molar-refractivity contribution is 5.94. The summed E-state index contributed by atoms with van der Waals surface area (Å²) in [5.74, 6) is 1.44. The van der Waals surface area contributed by atoms with Crippen molar-refractivity contribution in [1.29, 1.82) is 0 Å². The number of ether oxygens (including phenoxy) is 3. The Balaban J connectivity index is 1.41. The summed E-state index contributed by atoms with van der Waals surface area (Å²) in [6.45, 7) is 7.79. The van der Waals surface area contributed by atoms with Gasteiger partial charge in [0, 0.05) is 25.2 Å². The molecule has 1 aliphatic rings. The molecule has 0 saturated carbocycles. The summed E-state index contributed by atoms with van der Waals surface area (Å²) >= 11 is 0. The average Bonchev–Trinajstić information content (AvgIpc) is 2.71. The van der Waals surface area contributed by atoms with Gasteiger partial charge in [-0.05, 0) is 55.8 Å². The number of rotatable bonds is 8. The lowest BCUT2D eigenvalue weighted by atomic mass is 10.1. The van der Waals surface area contributed by atoms with Crippen molar-refractivity contribution < 1.29 is 19.0 Å². The molecule has 1 aliphatic heterocycles. The molecule has 6 nitrogen and oxygen atoms in total. The van der Waals surface area contributed by atoms with Crippen LogP contribution < -0.4 is 14.8 Å². The molecule has 1 fully saturated rings. The van der Waals surface area contributed by atoms with Gasteiger partial charge in [0.05, 0.1) is 25.9 Å². The third-order valence-electron chi connectivity index (χ3n) is 4.83. The second-order valence-corrected chi connectivity index (χ2v) is 7.43. The smallest absolute Gasteiger partial charge is 0.251 e. The first-order valence-corrected chi connectivity index (χ1v) is 10.1. The van der Waals surface area contributed by atoms with Gasteiger partial charge in [0.1, 0.15) is 18.1 Å². The van der Waals surface area contributed by atoms with Crippen molar-refractivity contribution in [2.45, 2.75) is 32.6 Å². The van der Waals surface area contributed by atoms with Gasteiger partial charge in [-0.1, -0.05) is 12.1 Å². The van der Waals surface area contributed by atoms with Gasteiger partial charge in [0.2, 0.25) is 0 Å². The number of nitrogens with zero attached hydrogens (tertiary/aromatic N) is 1. The minimum Gasteiger partial charge on any atom is -0.497 e. The number of morpholine rings is 1. The summed E-state index contributed by atoms with van der Waals surface area (Å²) in [5.41, 5.74) is 1.85. The van der Waals surface area contributed by atoms with Crippen LogP contribution in [-0.4, -0.2) is 56.4 Å². The molecular weight excluding hydrogens is 368 g/mol. The summed E-state index contributed by atoms with van der Waals surface area (Å²) in [7, 11) is 1.63. The van der Waals surface area contributed by atoms with E-state index >= 15 is 0 Å². The van der Waals surface area contributed by atoms with Crippen LogP contribution in [0, 0.1) is 0 Å². The molecule has 0 aromatic heterocycles. The van der Waals surface area contributed by atoms with Crippen molar-refractivity contribution in [3.8, 4) is 11.5 Å².